The first-order valence-electron chi connectivity index (χ1n) is 7.66. The second-order valence-corrected chi connectivity index (χ2v) is 8.74. The Morgan fingerprint density at radius 2 is 1.96 bits per heavy atom. The molecule has 2 rings (SSSR count). The zero-order valence-electron chi connectivity index (χ0n) is 13.7. The normalized spacial score (nSPS) is 20.4. The molecule has 0 bridgehead atoms. The summed E-state index contributed by atoms with van der Waals surface area (Å²) in [5.41, 5.74) is 0.774. The van der Waals surface area contributed by atoms with Crippen molar-refractivity contribution in [2.75, 3.05) is 18.6 Å². The number of carbonyl (C=O) groups excluding carboxylic acids is 2. The van der Waals surface area contributed by atoms with Crippen LogP contribution in [-0.4, -0.2) is 49.7 Å². The highest BCUT2D eigenvalue weighted by molar-refractivity contribution is 7.91. The maximum absolute atomic E-state index is 12.5. The van der Waals surface area contributed by atoms with Crippen molar-refractivity contribution in [3.8, 4) is 0 Å². The summed E-state index contributed by atoms with van der Waals surface area (Å²) in [6, 6.07) is 6.14. The van der Waals surface area contributed by atoms with Crippen LogP contribution in [0.3, 0.4) is 0 Å². The van der Waals surface area contributed by atoms with E-state index in [2.05, 4.69) is 5.32 Å². The first-order valence-corrected chi connectivity index (χ1v) is 9.86. The highest BCUT2D eigenvalue weighted by Gasteiger charge is 2.33. The number of carbonyl (C=O) groups is 2. The minimum atomic E-state index is -3.06. The molecule has 8 heteroatoms. The van der Waals surface area contributed by atoms with Crippen molar-refractivity contribution in [3.05, 3.63) is 34.9 Å². The highest BCUT2D eigenvalue weighted by Crippen LogP contribution is 2.23. The molecule has 1 aromatic carbocycles. The summed E-state index contributed by atoms with van der Waals surface area (Å²) in [5, 5.41) is 3.33. The zero-order chi connectivity index (χ0) is 17.9. The van der Waals surface area contributed by atoms with Gasteiger partial charge in [0, 0.05) is 25.0 Å². The van der Waals surface area contributed by atoms with Gasteiger partial charge < -0.3 is 10.2 Å². The summed E-state index contributed by atoms with van der Waals surface area (Å²) in [5.74, 6) is -0.331. The molecule has 132 valence electrons. The Morgan fingerprint density at radius 3 is 2.46 bits per heavy atom. The summed E-state index contributed by atoms with van der Waals surface area (Å²) in [6.45, 7) is 1.39. The molecular formula is C16H21ClN2O4S. The lowest BCUT2D eigenvalue weighted by molar-refractivity contribution is -0.132. The van der Waals surface area contributed by atoms with Gasteiger partial charge in [-0.2, -0.15) is 0 Å². The van der Waals surface area contributed by atoms with Crippen LogP contribution in [0.2, 0.25) is 5.02 Å². The van der Waals surface area contributed by atoms with Gasteiger partial charge in [0.25, 0.3) is 0 Å². The van der Waals surface area contributed by atoms with Gasteiger partial charge in [-0.1, -0.05) is 23.7 Å². The van der Waals surface area contributed by atoms with Crippen molar-refractivity contribution in [1.82, 2.24) is 10.2 Å². The molecule has 1 aromatic rings. The number of nitrogens with one attached hydrogen (secondary N) is 1. The van der Waals surface area contributed by atoms with E-state index in [1.807, 2.05) is 0 Å². The Morgan fingerprint density at radius 1 is 1.33 bits per heavy atom. The number of sulfone groups is 1. The number of nitrogens with zero attached hydrogens (tertiary/aromatic N) is 1. The monoisotopic (exact) mass is 372 g/mol. The van der Waals surface area contributed by atoms with E-state index in [0.29, 0.717) is 11.4 Å². The lowest BCUT2D eigenvalue weighted by Gasteiger charge is -2.26. The largest absolute Gasteiger partial charge is 0.349 e. The van der Waals surface area contributed by atoms with E-state index in [1.54, 1.807) is 31.3 Å². The van der Waals surface area contributed by atoms with Crippen molar-refractivity contribution >= 4 is 33.3 Å². The molecule has 2 amide bonds. The molecule has 2 atom stereocenters. The smallest absolute Gasteiger partial charge is 0.225 e. The van der Waals surface area contributed by atoms with Crippen LogP contribution in [0, 0.1) is 0 Å². The molecule has 6 nitrogen and oxygen atoms in total. The molecule has 0 spiro atoms. The number of amides is 2. The molecule has 0 radical (unpaired) electrons. The van der Waals surface area contributed by atoms with Crippen molar-refractivity contribution in [2.24, 2.45) is 0 Å². The average Bonchev–Trinajstić information content (AvgIpc) is 2.86. The molecule has 1 saturated heterocycles. The molecule has 24 heavy (non-hydrogen) atoms. The first-order chi connectivity index (χ1) is 11.2. The molecular weight excluding hydrogens is 352 g/mol. The minimum absolute atomic E-state index is 0.000981. The van der Waals surface area contributed by atoms with E-state index in [0.717, 1.165) is 5.56 Å². The predicted molar refractivity (Wildman–Crippen MR) is 92.5 cm³/mol. The van der Waals surface area contributed by atoms with Gasteiger partial charge in [-0.3, -0.25) is 9.59 Å². The van der Waals surface area contributed by atoms with E-state index in [4.69, 9.17) is 11.6 Å². The molecule has 0 aromatic heterocycles. The maximum atomic E-state index is 12.5. The van der Waals surface area contributed by atoms with Crippen LogP contribution in [0.1, 0.15) is 31.4 Å². The van der Waals surface area contributed by atoms with Gasteiger partial charge in [-0.25, -0.2) is 8.42 Å². The molecule has 1 heterocycles. The predicted octanol–water partition coefficient (Wildman–Crippen LogP) is 1.55. The summed E-state index contributed by atoms with van der Waals surface area (Å²) in [4.78, 5) is 25.5. The fourth-order valence-electron chi connectivity index (χ4n) is 2.80. The van der Waals surface area contributed by atoms with Gasteiger partial charge in [0.2, 0.25) is 11.8 Å². The highest BCUT2D eigenvalue weighted by atomic mass is 35.5. The lowest BCUT2D eigenvalue weighted by atomic mass is 10.0. The lowest BCUT2D eigenvalue weighted by Crippen LogP contribution is -2.40. The van der Waals surface area contributed by atoms with Crippen molar-refractivity contribution in [1.29, 1.82) is 0 Å². The summed E-state index contributed by atoms with van der Waals surface area (Å²) in [7, 11) is -1.45. The van der Waals surface area contributed by atoms with E-state index in [9.17, 15) is 18.0 Å². The molecule has 2 unspecified atom stereocenters. The zero-order valence-corrected chi connectivity index (χ0v) is 15.2. The topological polar surface area (TPSA) is 83.6 Å². The van der Waals surface area contributed by atoms with E-state index < -0.39 is 15.9 Å². The number of hydrogen-bond donors (Lipinski definition) is 1. The van der Waals surface area contributed by atoms with Gasteiger partial charge in [0.15, 0.2) is 9.84 Å². The molecule has 0 aliphatic carbocycles. The van der Waals surface area contributed by atoms with Crippen LogP contribution in [0.15, 0.2) is 24.3 Å². The molecule has 1 fully saturated rings. The van der Waals surface area contributed by atoms with Gasteiger partial charge >= 0.3 is 0 Å². The summed E-state index contributed by atoms with van der Waals surface area (Å²) < 4.78 is 23.2. The van der Waals surface area contributed by atoms with Crippen molar-refractivity contribution < 1.29 is 18.0 Å². The van der Waals surface area contributed by atoms with Crippen LogP contribution >= 0.6 is 11.6 Å². The average molecular weight is 373 g/mol. The third kappa shape index (κ3) is 4.95. The van der Waals surface area contributed by atoms with Crippen LogP contribution in [0.5, 0.6) is 0 Å². The second kappa shape index (κ2) is 7.53. The molecule has 0 saturated carbocycles. The molecule has 1 N–H and O–H groups in total. The van der Waals surface area contributed by atoms with Crippen molar-refractivity contribution in [2.45, 2.75) is 31.8 Å². The Kier molecular flexibility index (Phi) is 5.87. The van der Waals surface area contributed by atoms with Gasteiger partial charge in [0.05, 0.1) is 24.0 Å². The second-order valence-electron chi connectivity index (χ2n) is 6.07. The maximum Gasteiger partial charge on any atom is 0.225 e. The Balaban J connectivity index is 2.09. The van der Waals surface area contributed by atoms with Crippen LogP contribution in [0.25, 0.3) is 0 Å². The third-order valence-electron chi connectivity index (χ3n) is 4.18. The fourth-order valence-corrected chi connectivity index (χ4v) is 4.70. The summed E-state index contributed by atoms with van der Waals surface area (Å²) >= 11 is 5.87. The Hall–Kier alpha value is -1.60. The van der Waals surface area contributed by atoms with E-state index >= 15 is 0 Å². The quantitative estimate of drug-likeness (QED) is 0.850. The SMILES string of the molecule is CC(=O)NC(CC(=O)N(C)C1CCS(=O)(=O)C1)c1ccc(Cl)cc1. The van der Waals surface area contributed by atoms with Crippen LogP contribution in [-0.2, 0) is 19.4 Å². The molecule has 1 aliphatic heterocycles. The fraction of sp³-hybridized carbons (Fsp3) is 0.500. The molecule has 1 aliphatic rings. The third-order valence-corrected chi connectivity index (χ3v) is 6.18. The standard InChI is InChI=1S/C16H21ClN2O4S/c1-11(20)18-15(12-3-5-13(17)6-4-12)9-16(21)19(2)14-7-8-24(22,23)10-14/h3-6,14-15H,7-10H2,1-2H3,(H,18,20). The number of halogens is 1. The first kappa shape index (κ1) is 18.7. The van der Waals surface area contributed by atoms with E-state index in [-0.39, 0.29) is 35.8 Å². The van der Waals surface area contributed by atoms with E-state index in [1.165, 1.54) is 11.8 Å². The van der Waals surface area contributed by atoms with Crippen LogP contribution in [0.4, 0.5) is 0 Å². The van der Waals surface area contributed by atoms with Gasteiger partial charge in [-0.05, 0) is 24.1 Å². The Bertz CT molecular complexity index is 718. The summed E-state index contributed by atoms with van der Waals surface area (Å²) in [6.07, 6.45) is 0.518. The number of rotatable bonds is 5. The Labute approximate surface area is 147 Å². The van der Waals surface area contributed by atoms with Gasteiger partial charge in [-0.15, -0.1) is 0 Å². The number of benzene rings is 1. The van der Waals surface area contributed by atoms with Crippen LogP contribution < -0.4 is 5.32 Å². The number of hydrogen-bond acceptors (Lipinski definition) is 4. The van der Waals surface area contributed by atoms with Gasteiger partial charge in [0.1, 0.15) is 0 Å². The minimum Gasteiger partial charge on any atom is -0.349 e. The van der Waals surface area contributed by atoms with Crippen molar-refractivity contribution in [3.63, 3.8) is 0 Å².